The van der Waals surface area contributed by atoms with Crippen LogP contribution in [0.5, 0.6) is 0 Å². The first-order valence-electron chi connectivity index (χ1n) is 5.76. The highest BCUT2D eigenvalue weighted by atomic mass is 16.5. The molecule has 2 rings (SSSR count). The Labute approximate surface area is 111 Å². The molecule has 1 aromatic heterocycles. The molecule has 96 valence electrons. The van der Waals surface area contributed by atoms with Crippen molar-refractivity contribution in [1.82, 2.24) is 4.98 Å². The van der Waals surface area contributed by atoms with E-state index in [2.05, 4.69) is 9.72 Å². The van der Waals surface area contributed by atoms with Crippen LogP contribution in [0.4, 0.5) is 0 Å². The van der Waals surface area contributed by atoms with Gasteiger partial charge in [-0.25, -0.2) is 4.79 Å². The summed E-state index contributed by atoms with van der Waals surface area (Å²) in [5, 5.41) is 0. The zero-order chi connectivity index (χ0) is 13.8. The highest BCUT2D eigenvalue weighted by Gasteiger charge is 2.12. The Bertz CT molecular complexity index is 635. The van der Waals surface area contributed by atoms with E-state index in [-0.39, 0.29) is 0 Å². The van der Waals surface area contributed by atoms with Gasteiger partial charge in [-0.1, -0.05) is 6.07 Å². The van der Waals surface area contributed by atoms with Gasteiger partial charge in [0, 0.05) is 18.0 Å². The van der Waals surface area contributed by atoms with E-state index < -0.39 is 5.97 Å². The summed E-state index contributed by atoms with van der Waals surface area (Å²) in [6, 6.07) is 6.77. The van der Waals surface area contributed by atoms with Gasteiger partial charge in [0.15, 0.2) is 6.29 Å². The van der Waals surface area contributed by atoms with Crippen LogP contribution in [0.3, 0.4) is 0 Å². The SMILES string of the molecule is COC(=O)c1ccc(-c2ccncc2C)c(C=O)c1. The number of ether oxygens (including phenoxy) is 1. The highest BCUT2D eigenvalue weighted by Crippen LogP contribution is 2.26. The van der Waals surface area contributed by atoms with Gasteiger partial charge in [-0.3, -0.25) is 9.78 Å². The van der Waals surface area contributed by atoms with E-state index in [1.165, 1.54) is 13.2 Å². The van der Waals surface area contributed by atoms with Crippen LogP contribution in [0, 0.1) is 6.92 Å². The number of hydrogen-bond acceptors (Lipinski definition) is 4. The number of carbonyl (C=O) groups excluding carboxylic acids is 2. The van der Waals surface area contributed by atoms with Crippen LogP contribution in [-0.2, 0) is 4.74 Å². The van der Waals surface area contributed by atoms with Crippen LogP contribution in [0.25, 0.3) is 11.1 Å². The van der Waals surface area contributed by atoms with Gasteiger partial charge in [-0.05, 0) is 41.8 Å². The van der Waals surface area contributed by atoms with E-state index in [1.807, 2.05) is 13.0 Å². The number of methoxy groups -OCH3 is 1. The zero-order valence-electron chi connectivity index (χ0n) is 10.7. The Morgan fingerprint density at radius 2 is 2.05 bits per heavy atom. The summed E-state index contributed by atoms with van der Waals surface area (Å²) in [6.45, 7) is 1.92. The van der Waals surface area contributed by atoms with E-state index in [1.54, 1.807) is 24.5 Å². The highest BCUT2D eigenvalue weighted by molar-refractivity contribution is 5.95. The lowest BCUT2D eigenvalue weighted by Gasteiger charge is -2.09. The zero-order valence-corrected chi connectivity index (χ0v) is 10.7. The second kappa shape index (κ2) is 5.44. The van der Waals surface area contributed by atoms with Crippen LogP contribution in [0.15, 0.2) is 36.7 Å². The predicted octanol–water partition coefficient (Wildman–Crippen LogP) is 2.66. The molecule has 0 atom stereocenters. The van der Waals surface area contributed by atoms with Gasteiger partial charge < -0.3 is 4.74 Å². The molecular weight excluding hydrogens is 242 g/mol. The summed E-state index contributed by atoms with van der Waals surface area (Å²) in [5.41, 5.74) is 3.49. The summed E-state index contributed by atoms with van der Waals surface area (Å²) in [4.78, 5) is 26.7. The van der Waals surface area contributed by atoms with Crippen molar-refractivity contribution in [2.24, 2.45) is 0 Å². The fourth-order valence-electron chi connectivity index (χ4n) is 1.93. The van der Waals surface area contributed by atoms with Crippen molar-refractivity contribution in [2.75, 3.05) is 7.11 Å². The third-order valence-corrected chi connectivity index (χ3v) is 2.91. The second-order valence-electron chi connectivity index (χ2n) is 4.10. The lowest BCUT2D eigenvalue weighted by atomic mass is 9.96. The van der Waals surface area contributed by atoms with Gasteiger partial charge in [0.05, 0.1) is 12.7 Å². The van der Waals surface area contributed by atoms with Crippen LogP contribution in [-0.4, -0.2) is 24.3 Å². The third-order valence-electron chi connectivity index (χ3n) is 2.91. The maximum atomic E-state index is 11.4. The van der Waals surface area contributed by atoms with Gasteiger partial charge in [0.1, 0.15) is 0 Å². The van der Waals surface area contributed by atoms with Crippen LogP contribution < -0.4 is 0 Å². The number of rotatable bonds is 3. The predicted molar refractivity (Wildman–Crippen MR) is 71.1 cm³/mol. The molecule has 0 spiro atoms. The Hall–Kier alpha value is -2.49. The molecule has 0 unspecified atom stereocenters. The summed E-state index contributed by atoms with van der Waals surface area (Å²) < 4.78 is 4.64. The molecule has 1 aromatic carbocycles. The molecule has 0 aliphatic carbocycles. The molecule has 0 aliphatic rings. The Morgan fingerprint density at radius 3 is 2.68 bits per heavy atom. The van der Waals surface area contributed by atoms with Crippen molar-refractivity contribution in [3.63, 3.8) is 0 Å². The van der Waals surface area contributed by atoms with E-state index >= 15 is 0 Å². The van der Waals surface area contributed by atoms with Gasteiger partial charge in [0.25, 0.3) is 0 Å². The number of esters is 1. The number of aromatic nitrogens is 1. The molecule has 4 heteroatoms. The van der Waals surface area contributed by atoms with Crippen molar-refractivity contribution in [1.29, 1.82) is 0 Å². The maximum absolute atomic E-state index is 11.4. The Kier molecular flexibility index (Phi) is 3.71. The Morgan fingerprint density at radius 1 is 1.26 bits per heavy atom. The maximum Gasteiger partial charge on any atom is 0.337 e. The summed E-state index contributed by atoms with van der Waals surface area (Å²) in [7, 11) is 1.31. The van der Waals surface area contributed by atoms with Crippen molar-refractivity contribution in [2.45, 2.75) is 6.92 Å². The first-order chi connectivity index (χ1) is 9.17. The topological polar surface area (TPSA) is 56.3 Å². The minimum absolute atomic E-state index is 0.361. The third kappa shape index (κ3) is 2.52. The number of benzene rings is 1. The molecule has 1 heterocycles. The van der Waals surface area contributed by atoms with Crippen molar-refractivity contribution >= 4 is 12.3 Å². The summed E-state index contributed by atoms with van der Waals surface area (Å²) >= 11 is 0. The first kappa shape index (κ1) is 13.0. The number of aldehydes is 1. The molecule has 2 aromatic rings. The average molecular weight is 255 g/mol. The molecule has 4 nitrogen and oxygen atoms in total. The molecule has 0 saturated heterocycles. The second-order valence-corrected chi connectivity index (χ2v) is 4.10. The number of aryl methyl sites for hydroxylation is 1. The van der Waals surface area contributed by atoms with Crippen LogP contribution >= 0.6 is 0 Å². The monoisotopic (exact) mass is 255 g/mol. The molecule has 0 bridgehead atoms. The van der Waals surface area contributed by atoms with Gasteiger partial charge >= 0.3 is 5.97 Å². The smallest absolute Gasteiger partial charge is 0.337 e. The molecule has 19 heavy (non-hydrogen) atoms. The fourth-order valence-corrected chi connectivity index (χ4v) is 1.93. The Balaban J connectivity index is 2.57. The molecule has 0 radical (unpaired) electrons. The number of pyridine rings is 1. The molecule has 0 amide bonds. The van der Waals surface area contributed by atoms with E-state index in [4.69, 9.17) is 0 Å². The average Bonchev–Trinajstić information content (AvgIpc) is 2.46. The molecule has 0 aliphatic heterocycles. The normalized spacial score (nSPS) is 10.0. The lowest BCUT2D eigenvalue weighted by Crippen LogP contribution is -2.02. The summed E-state index contributed by atoms with van der Waals surface area (Å²) in [6.07, 6.45) is 4.14. The minimum Gasteiger partial charge on any atom is -0.465 e. The molecule has 0 N–H and O–H groups in total. The first-order valence-corrected chi connectivity index (χ1v) is 5.76. The lowest BCUT2D eigenvalue weighted by molar-refractivity contribution is 0.0600. The molecule has 0 fully saturated rings. The minimum atomic E-state index is -0.457. The van der Waals surface area contributed by atoms with Crippen LogP contribution in [0.1, 0.15) is 26.3 Å². The van der Waals surface area contributed by atoms with E-state index in [9.17, 15) is 9.59 Å². The molecule has 0 saturated carbocycles. The van der Waals surface area contributed by atoms with E-state index in [0.29, 0.717) is 11.1 Å². The largest absolute Gasteiger partial charge is 0.465 e. The van der Waals surface area contributed by atoms with Crippen molar-refractivity contribution in [3.05, 3.63) is 53.3 Å². The van der Waals surface area contributed by atoms with Gasteiger partial charge in [0.2, 0.25) is 0 Å². The number of carbonyl (C=O) groups is 2. The quantitative estimate of drug-likeness (QED) is 0.625. The summed E-state index contributed by atoms with van der Waals surface area (Å²) in [5.74, 6) is -0.457. The number of hydrogen-bond donors (Lipinski definition) is 0. The number of nitrogens with zero attached hydrogens (tertiary/aromatic N) is 1. The van der Waals surface area contributed by atoms with E-state index in [0.717, 1.165) is 23.0 Å². The standard InChI is InChI=1S/C15H13NO3/c1-10-8-16-6-5-13(10)14-4-3-11(15(18)19-2)7-12(14)9-17/h3-9H,1-2H3. The van der Waals surface area contributed by atoms with Crippen molar-refractivity contribution in [3.8, 4) is 11.1 Å². The van der Waals surface area contributed by atoms with Crippen LogP contribution in [0.2, 0.25) is 0 Å². The van der Waals surface area contributed by atoms with Crippen molar-refractivity contribution < 1.29 is 14.3 Å². The van der Waals surface area contributed by atoms with Gasteiger partial charge in [-0.2, -0.15) is 0 Å². The fraction of sp³-hybridized carbons (Fsp3) is 0.133. The molecular formula is C15H13NO3. The van der Waals surface area contributed by atoms with Gasteiger partial charge in [-0.15, -0.1) is 0 Å².